The Morgan fingerprint density at radius 1 is 1.21 bits per heavy atom. The van der Waals surface area contributed by atoms with Crippen molar-refractivity contribution in [3.05, 3.63) is 34.8 Å². The Hall–Kier alpha value is -2.46. The van der Waals surface area contributed by atoms with Gasteiger partial charge in [0.25, 0.3) is 10.0 Å². The molecule has 1 saturated carbocycles. The van der Waals surface area contributed by atoms with E-state index in [1.165, 1.54) is 30.4 Å². The van der Waals surface area contributed by atoms with Crippen LogP contribution in [0.4, 0.5) is 10.8 Å². The zero-order chi connectivity index (χ0) is 24.4. The molecule has 0 unspecified atom stereocenters. The normalized spacial score (nSPS) is 32.2. The van der Waals surface area contributed by atoms with Crippen LogP contribution in [0.5, 0.6) is 0 Å². The Bertz CT molecular complexity index is 1260. The molecule has 5 rings (SSSR count). The van der Waals surface area contributed by atoms with Crippen LogP contribution in [0.25, 0.3) is 0 Å². The predicted octanol–water partition coefficient (Wildman–Crippen LogP) is 4.16. The molecule has 1 aromatic heterocycles. The van der Waals surface area contributed by atoms with Crippen molar-refractivity contribution in [2.75, 3.05) is 10.0 Å². The number of carbonyl (C=O) groups is 2. The monoisotopic (exact) mass is 503 g/mol. The number of carbonyl (C=O) groups excluding carboxylic acids is 2. The number of amides is 1. The summed E-state index contributed by atoms with van der Waals surface area (Å²) >= 11 is 1.39. The zero-order valence-electron chi connectivity index (χ0n) is 19.6. The third kappa shape index (κ3) is 3.80. The number of thiazole rings is 1. The first-order valence-electron chi connectivity index (χ1n) is 11.6. The number of aromatic nitrogens is 1. The number of nitrogens with zero attached hydrogens (tertiary/aromatic N) is 1. The number of esters is 1. The molecular formula is C24H29N3O5S2. The number of anilines is 2. The van der Waals surface area contributed by atoms with E-state index in [1.54, 1.807) is 12.1 Å². The number of ether oxygens (including phenoxy) is 1. The van der Waals surface area contributed by atoms with Crippen LogP contribution in [-0.4, -0.2) is 31.4 Å². The van der Waals surface area contributed by atoms with Gasteiger partial charge in [0, 0.05) is 35.2 Å². The molecule has 1 aromatic carbocycles. The van der Waals surface area contributed by atoms with Crippen molar-refractivity contribution in [2.24, 2.45) is 23.2 Å². The fourth-order valence-corrected chi connectivity index (χ4v) is 8.72. The van der Waals surface area contributed by atoms with E-state index in [2.05, 4.69) is 23.9 Å². The molecule has 0 bridgehead atoms. The smallest absolute Gasteiger partial charge is 0.309 e. The molecule has 1 amide bonds. The minimum Gasteiger partial charge on any atom is -0.461 e. The van der Waals surface area contributed by atoms with Gasteiger partial charge in [-0.3, -0.25) is 14.3 Å². The number of benzene rings is 1. The van der Waals surface area contributed by atoms with Crippen molar-refractivity contribution in [1.82, 2.24) is 4.98 Å². The van der Waals surface area contributed by atoms with Gasteiger partial charge in [0.05, 0.1) is 16.5 Å². The maximum Gasteiger partial charge on any atom is 0.309 e. The molecule has 2 N–H and O–H groups in total. The predicted molar refractivity (Wildman–Crippen MR) is 129 cm³/mol. The van der Waals surface area contributed by atoms with Gasteiger partial charge in [-0.1, -0.05) is 20.8 Å². The third-order valence-corrected chi connectivity index (χ3v) is 10.3. The summed E-state index contributed by atoms with van der Waals surface area (Å²) in [6.45, 7) is 7.75. The second kappa shape index (κ2) is 8.05. The van der Waals surface area contributed by atoms with Gasteiger partial charge in [-0.25, -0.2) is 13.4 Å². The first kappa shape index (κ1) is 23.3. The molecule has 0 spiro atoms. The molecule has 34 heavy (non-hydrogen) atoms. The van der Waals surface area contributed by atoms with Gasteiger partial charge in [-0.05, 0) is 48.9 Å². The molecule has 3 aliphatic rings. The van der Waals surface area contributed by atoms with Crippen molar-refractivity contribution in [3.8, 4) is 0 Å². The molecule has 2 aliphatic carbocycles. The molecule has 2 fully saturated rings. The van der Waals surface area contributed by atoms with Crippen LogP contribution in [0.1, 0.15) is 57.0 Å². The zero-order valence-corrected chi connectivity index (χ0v) is 21.3. The number of nitrogens with one attached hydrogen (secondary N) is 2. The summed E-state index contributed by atoms with van der Waals surface area (Å²) in [4.78, 5) is 29.4. The highest BCUT2D eigenvalue weighted by molar-refractivity contribution is 7.93. The number of sulfonamides is 1. The van der Waals surface area contributed by atoms with Gasteiger partial charge in [-0.2, -0.15) is 0 Å². The molecule has 1 aliphatic heterocycles. The molecule has 1 saturated heterocycles. The summed E-state index contributed by atoms with van der Waals surface area (Å²) in [6.07, 6.45) is 2.69. The van der Waals surface area contributed by atoms with E-state index in [0.29, 0.717) is 10.8 Å². The Balaban J connectivity index is 1.40. The van der Waals surface area contributed by atoms with Crippen molar-refractivity contribution >= 4 is 44.1 Å². The average molecular weight is 504 g/mol. The molecule has 10 heteroatoms. The van der Waals surface area contributed by atoms with Gasteiger partial charge in [0.15, 0.2) is 5.13 Å². The molecular weight excluding hydrogens is 474 g/mol. The molecule has 2 heterocycles. The standard InChI is InChI=1S/C24H29N3O5S2/c1-12-17-9-10-24(4)11-18-20(13(2)19(24)21(17)32-22(12)29)26-23(33-18)27-34(30,31)16-7-5-15(6-8-16)25-14(3)28/h5-8,12-13,17,19,21H,9-11H2,1-4H3,(H,25,28)(H,26,27)/t12-,13-,17-,19+,21-,24+/m0/s1. The van der Waals surface area contributed by atoms with Crippen molar-refractivity contribution in [3.63, 3.8) is 0 Å². The summed E-state index contributed by atoms with van der Waals surface area (Å²) in [5.74, 6) is 0.0726. The molecule has 8 nitrogen and oxygen atoms in total. The topological polar surface area (TPSA) is 114 Å². The van der Waals surface area contributed by atoms with Gasteiger partial charge in [0.1, 0.15) is 6.10 Å². The van der Waals surface area contributed by atoms with Gasteiger partial charge in [-0.15, -0.1) is 11.3 Å². The number of rotatable bonds is 4. The lowest BCUT2D eigenvalue weighted by molar-refractivity contribution is -0.149. The molecule has 0 radical (unpaired) electrons. The van der Waals surface area contributed by atoms with Crippen LogP contribution in [0.15, 0.2) is 29.2 Å². The molecule has 2 aromatic rings. The summed E-state index contributed by atoms with van der Waals surface area (Å²) in [5, 5.41) is 2.97. The van der Waals surface area contributed by atoms with Gasteiger partial charge < -0.3 is 10.1 Å². The van der Waals surface area contributed by atoms with Crippen LogP contribution >= 0.6 is 11.3 Å². The largest absolute Gasteiger partial charge is 0.461 e. The van der Waals surface area contributed by atoms with E-state index >= 15 is 0 Å². The molecule has 6 atom stereocenters. The summed E-state index contributed by atoms with van der Waals surface area (Å²) in [5.41, 5.74) is 1.42. The Morgan fingerprint density at radius 3 is 2.59 bits per heavy atom. The lowest BCUT2D eigenvalue weighted by Gasteiger charge is -2.51. The highest BCUT2D eigenvalue weighted by atomic mass is 32.2. The minimum absolute atomic E-state index is 0.0137. The van der Waals surface area contributed by atoms with Gasteiger partial charge >= 0.3 is 5.97 Å². The van der Waals surface area contributed by atoms with E-state index in [1.807, 2.05) is 6.92 Å². The lowest BCUT2D eigenvalue weighted by Crippen LogP contribution is -2.50. The number of hydrogen-bond donors (Lipinski definition) is 2. The Kier molecular flexibility index (Phi) is 5.51. The van der Waals surface area contributed by atoms with Gasteiger partial charge in [0.2, 0.25) is 5.91 Å². The molecule has 182 valence electrons. The average Bonchev–Trinajstić information content (AvgIpc) is 3.26. The first-order chi connectivity index (χ1) is 16.0. The van der Waals surface area contributed by atoms with E-state index in [-0.39, 0.29) is 52.0 Å². The van der Waals surface area contributed by atoms with Crippen LogP contribution < -0.4 is 10.0 Å². The second-order valence-corrected chi connectivity index (χ2v) is 12.9. The summed E-state index contributed by atoms with van der Waals surface area (Å²) in [7, 11) is -3.83. The van der Waals surface area contributed by atoms with Crippen molar-refractivity contribution in [2.45, 2.75) is 63.9 Å². The maximum absolute atomic E-state index is 13.0. The van der Waals surface area contributed by atoms with E-state index < -0.39 is 10.0 Å². The minimum atomic E-state index is -3.83. The van der Waals surface area contributed by atoms with Crippen molar-refractivity contribution in [1.29, 1.82) is 0 Å². The van der Waals surface area contributed by atoms with E-state index in [9.17, 15) is 18.0 Å². The van der Waals surface area contributed by atoms with Crippen LogP contribution in [-0.2, 0) is 30.8 Å². The van der Waals surface area contributed by atoms with E-state index in [0.717, 1.165) is 29.8 Å². The van der Waals surface area contributed by atoms with Crippen molar-refractivity contribution < 1.29 is 22.7 Å². The highest BCUT2D eigenvalue weighted by Crippen LogP contribution is 2.59. The Labute approximate surface area is 203 Å². The number of hydrogen-bond acceptors (Lipinski definition) is 7. The first-order valence-corrected chi connectivity index (χ1v) is 13.9. The third-order valence-electron chi connectivity index (χ3n) is 7.86. The van der Waals surface area contributed by atoms with Crippen LogP contribution in [0, 0.1) is 23.2 Å². The quantitative estimate of drug-likeness (QED) is 0.606. The summed E-state index contributed by atoms with van der Waals surface area (Å²) < 4.78 is 34.5. The second-order valence-electron chi connectivity index (χ2n) is 10.2. The Morgan fingerprint density at radius 2 is 1.91 bits per heavy atom. The fourth-order valence-electron chi connectivity index (χ4n) is 6.22. The van der Waals surface area contributed by atoms with Crippen LogP contribution in [0.3, 0.4) is 0 Å². The fraction of sp³-hybridized carbons (Fsp3) is 0.542. The highest BCUT2D eigenvalue weighted by Gasteiger charge is 2.58. The van der Waals surface area contributed by atoms with E-state index in [4.69, 9.17) is 9.72 Å². The maximum atomic E-state index is 13.0. The number of fused-ring (bicyclic) bond motifs is 4. The SMILES string of the molecule is CC(=O)Nc1ccc(S(=O)(=O)Nc2nc3c(s2)C[C@@]2(C)CC[C@@H]4[C@H](OC(=O)[C@H]4C)[C@H]2[C@@H]3C)cc1. The summed E-state index contributed by atoms with van der Waals surface area (Å²) in [6, 6.07) is 6.01. The lowest BCUT2D eigenvalue weighted by atomic mass is 9.54. The van der Waals surface area contributed by atoms with Crippen LogP contribution in [0.2, 0.25) is 0 Å².